The van der Waals surface area contributed by atoms with Gasteiger partial charge in [-0.1, -0.05) is 24.3 Å². The second-order valence-electron chi connectivity index (χ2n) is 4.30. The largest absolute Gasteiger partial charge is 0.480 e. The number of hydrogen-bond acceptors (Lipinski definition) is 3. The molecule has 0 radical (unpaired) electrons. The molecule has 0 saturated heterocycles. The van der Waals surface area contributed by atoms with Crippen molar-refractivity contribution < 1.29 is 27.8 Å². The summed E-state index contributed by atoms with van der Waals surface area (Å²) in [5.74, 6) is -1.46. The molecule has 0 heterocycles. The molecule has 0 amide bonds. The van der Waals surface area contributed by atoms with Crippen molar-refractivity contribution in [2.24, 2.45) is 0 Å². The third kappa shape index (κ3) is 4.37. The van der Waals surface area contributed by atoms with E-state index in [1.165, 1.54) is 24.3 Å². The number of halogens is 2. The molecule has 0 aliphatic carbocycles. The van der Waals surface area contributed by atoms with E-state index < -0.39 is 31.6 Å². The zero-order valence-corrected chi connectivity index (χ0v) is 12.2. The Morgan fingerprint density at radius 2 is 2.10 bits per heavy atom. The summed E-state index contributed by atoms with van der Waals surface area (Å²) in [6.45, 7) is 4.28. The Morgan fingerprint density at radius 1 is 1.52 bits per heavy atom. The Labute approximate surface area is 121 Å². The highest BCUT2D eigenvalue weighted by Crippen LogP contribution is 2.59. The van der Waals surface area contributed by atoms with Gasteiger partial charge in [0.25, 0.3) is 0 Å². The molecule has 0 aliphatic heterocycles. The van der Waals surface area contributed by atoms with Crippen LogP contribution in [0.5, 0.6) is 5.75 Å². The van der Waals surface area contributed by atoms with Crippen molar-refractivity contribution in [3.8, 4) is 5.75 Å². The number of allylic oxidation sites excluding steroid dienone is 1. The van der Waals surface area contributed by atoms with Crippen LogP contribution in [-0.2, 0) is 9.36 Å². The van der Waals surface area contributed by atoms with Gasteiger partial charge in [0.15, 0.2) is 0 Å². The predicted molar refractivity (Wildman–Crippen MR) is 74.7 cm³/mol. The molecule has 1 rings (SSSR count). The average molecular weight is 319 g/mol. The number of para-hydroxylation sites is 1. The van der Waals surface area contributed by atoms with Crippen LogP contribution in [0.15, 0.2) is 43.0 Å². The zero-order chi connectivity index (χ0) is 16.1. The standard InChI is InChI=1S/C13H16F2NO4P/c1-3-9-13(14,15)21(19,16-10(2)12(17)18)20-11-7-5-4-6-8-11/h3-8,10H,1,9H2,2H3,(H,16,19)(H,17,18). The summed E-state index contributed by atoms with van der Waals surface area (Å²) in [5.41, 5.74) is -3.78. The minimum Gasteiger partial charge on any atom is -0.480 e. The maximum Gasteiger partial charge on any atom is 0.386 e. The van der Waals surface area contributed by atoms with Crippen molar-refractivity contribution in [1.29, 1.82) is 0 Å². The summed E-state index contributed by atoms with van der Waals surface area (Å²) in [4.78, 5) is 10.8. The average Bonchev–Trinajstić information content (AvgIpc) is 2.39. The second kappa shape index (κ2) is 6.83. The normalized spacial score (nSPS) is 15.8. The lowest BCUT2D eigenvalue weighted by Gasteiger charge is -2.28. The molecule has 116 valence electrons. The second-order valence-corrected chi connectivity index (χ2v) is 6.50. The molecule has 0 aromatic heterocycles. The predicted octanol–water partition coefficient (Wildman–Crippen LogP) is 3.49. The van der Waals surface area contributed by atoms with E-state index in [-0.39, 0.29) is 5.75 Å². The lowest BCUT2D eigenvalue weighted by Crippen LogP contribution is -2.38. The first-order chi connectivity index (χ1) is 9.72. The van der Waals surface area contributed by atoms with E-state index in [1.54, 1.807) is 6.07 Å². The van der Waals surface area contributed by atoms with E-state index in [2.05, 4.69) is 6.58 Å². The van der Waals surface area contributed by atoms with E-state index in [9.17, 15) is 18.1 Å². The summed E-state index contributed by atoms with van der Waals surface area (Å²) < 4.78 is 45.6. The molecule has 2 unspecified atom stereocenters. The van der Waals surface area contributed by atoms with Crippen LogP contribution in [-0.4, -0.2) is 22.8 Å². The number of carbonyl (C=O) groups is 1. The summed E-state index contributed by atoms with van der Waals surface area (Å²) in [6, 6.07) is 5.91. The van der Waals surface area contributed by atoms with Crippen molar-refractivity contribution in [1.82, 2.24) is 5.09 Å². The first-order valence-electron chi connectivity index (χ1n) is 6.06. The number of carboxylic acids is 1. The number of benzene rings is 1. The molecule has 2 N–H and O–H groups in total. The van der Waals surface area contributed by atoms with Gasteiger partial charge in [-0.25, -0.2) is 5.09 Å². The monoisotopic (exact) mass is 319 g/mol. The van der Waals surface area contributed by atoms with Gasteiger partial charge in [0.1, 0.15) is 11.8 Å². The van der Waals surface area contributed by atoms with E-state index >= 15 is 0 Å². The van der Waals surface area contributed by atoms with Gasteiger partial charge in [0, 0.05) is 6.42 Å². The maximum atomic E-state index is 14.1. The number of hydrogen-bond donors (Lipinski definition) is 2. The van der Waals surface area contributed by atoms with Crippen molar-refractivity contribution in [2.75, 3.05) is 0 Å². The van der Waals surface area contributed by atoms with Gasteiger partial charge >= 0.3 is 19.2 Å². The van der Waals surface area contributed by atoms with Crippen LogP contribution < -0.4 is 9.61 Å². The molecule has 0 bridgehead atoms. The van der Waals surface area contributed by atoms with Gasteiger partial charge in [-0.15, -0.1) is 6.58 Å². The highest BCUT2D eigenvalue weighted by molar-refractivity contribution is 7.58. The molecule has 0 saturated carbocycles. The summed E-state index contributed by atoms with van der Waals surface area (Å²) in [5, 5.41) is 10.7. The molecular formula is C13H16F2NO4P. The van der Waals surface area contributed by atoms with Crippen LogP contribution in [0.25, 0.3) is 0 Å². The molecular weight excluding hydrogens is 303 g/mol. The summed E-state index contributed by atoms with van der Waals surface area (Å²) >= 11 is 0. The van der Waals surface area contributed by atoms with Gasteiger partial charge in [-0.05, 0) is 19.1 Å². The van der Waals surface area contributed by atoms with Crippen LogP contribution in [0.4, 0.5) is 8.78 Å². The fourth-order valence-electron chi connectivity index (χ4n) is 1.42. The maximum absolute atomic E-state index is 14.1. The number of aliphatic carboxylic acids is 1. The summed E-state index contributed by atoms with van der Waals surface area (Å²) in [7, 11) is -4.81. The number of rotatable bonds is 8. The Hall–Kier alpha value is -1.72. The molecule has 2 atom stereocenters. The van der Waals surface area contributed by atoms with Crippen LogP contribution in [0.3, 0.4) is 0 Å². The highest BCUT2D eigenvalue weighted by atomic mass is 31.2. The van der Waals surface area contributed by atoms with Crippen LogP contribution in [0.2, 0.25) is 0 Å². The quantitative estimate of drug-likeness (QED) is 0.566. The van der Waals surface area contributed by atoms with E-state index in [0.717, 1.165) is 13.0 Å². The van der Waals surface area contributed by atoms with E-state index in [4.69, 9.17) is 9.63 Å². The SMILES string of the molecule is C=CCC(F)(F)P(=O)(NC(C)C(=O)O)Oc1ccccc1. The molecule has 21 heavy (non-hydrogen) atoms. The third-order valence-electron chi connectivity index (χ3n) is 2.53. The smallest absolute Gasteiger partial charge is 0.386 e. The Kier molecular flexibility index (Phi) is 5.63. The van der Waals surface area contributed by atoms with Gasteiger partial charge in [0.2, 0.25) is 0 Å². The van der Waals surface area contributed by atoms with Crippen molar-refractivity contribution in [3.63, 3.8) is 0 Å². The molecule has 0 aliphatic rings. The van der Waals surface area contributed by atoms with Crippen LogP contribution in [0, 0.1) is 0 Å². The van der Waals surface area contributed by atoms with Gasteiger partial charge in [0.05, 0.1) is 0 Å². The van der Waals surface area contributed by atoms with Crippen molar-refractivity contribution in [3.05, 3.63) is 43.0 Å². The van der Waals surface area contributed by atoms with Crippen molar-refractivity contribution in [2.45, 2.75) is 25.1 Å². The fraction of sp³-hybridized carbons (Fsp3) is 0.308. The van der Waals surface area contributed by atoms with Gasteiger partial charge < -0.3 is 9.63 Å². The first kappa shape index (κ1) is 17.3. The Balaban J connectivity index is 3.12. The third-order valence-corrected chi connectivity index (χ3v) is 4.77. The lowest BCUT2D eigenvalue weighted by atomic mass is 10.3. The molecule has 8 heteroatoms. The zero-order valence-electron chi connectivity index (χ0n) is 11.3. The number of alkyl halides is 2. The topological polar surface area (TPSA) is 75.6 Å². The lowest BCUT2D eigenvalue weighted by molar-refractivity contribution is -0.138. The van der Waals surface area contributed by atoms with Crippen LogP contribution in [0.1, 0.15) is 13.3 Å². The summed E-state index contributed by atoms with van der Waals surface area (Å²) in [6.07, 6.45) is -0.00936. The van der Waals surface area contributed by atoms with E-state index in [1.807, 2.05) is 5.09 Å². The minimum atomic E-state index is -4.81. The molecule has 0 spiro atoms. The van der Waals surface area contributed by atoms with Crippen molar-refractivity contribution >= 4 is 13.5 Å². The number of nitrogens with one attached hydrogen (secondary N) is 1. The van der Waals surface area contributed by atoms with Gasteiger partial charge in [-0.3, -0.25) is 9.36 Å². The minimum absolute atomic E-state index is 0.0466. The molecule has 1 aromatic carbocycles. The number of carboxylic acid groups (broad SMARTS) is 1. The fourth-order valence-corrected chi connectivity index (χ4v) is 3.20. The van der Waals surface area contributed by atoms with E-state index in [0.29, 0.717) is 0 Å². The Bertz CT molecular complexity index is 550. The first-order valence-corrected chi connectivity index (χ1v) is 7.68. The van der Waals surface area contributed by atoms with Gasteiger partial charge in [-0.2, -0.15) is 8.78 Å². The molecule has 0 fully saturated rings. The molecule has 5 nitrogen and oxygen atoms in total. The molecule has 1 aromatic rings. The van der Waals surface area contributed by atoms with Crippen LogP contribution >= 0.6 is 7.52 Å². The highest BCUT2D eigenvalue weighted by Gasteiger charge is 2.53. The Morgan fingerprint density at radius 3 is 2.57 bits per heavy atom.